The van der Waals surface area contributed by atoms with Gasteiger partial charge in [0.05, 0.1) is 0 Å². The first-order valence-electron chi connectivity index (χ1n) is 13.5. The molecule has 7 unspecified atom stereocenters. The monoisotopic (exact) mass is 420 g/mol. The van der Waals surface area contributed by atoms with Crippen LogP contribution in [0.1, 0.15) is 127 Å². The van der Waals surface area contributed by atoms with Gasteiger partial charge < -0.3 is 0 Å². The zero-order chi connectivity index (χ0) is 22.7. The highest BCUT2D eigenvalue weighted by atomic mass is 14.8. The predicted molar refractivity (Wildman–Crippen MR) is 134 cm³/mol. The predicted octanol–water partition coefficient (Wildman–Crippen LogP) is 9.11. The first-order valence-corrected chi connectivity index (χ1v) is 13.5. The Morgan fingerprint density at radius 2 is 1.58 bits per heavy atom. The van der Waals surface area contributed by atoms with E-state index in [0.29, 0.717) is 27.6 Å². The third-order valence-corrected chi connectivity index (χ3v) is 12.6. The van der Waals surface area contributed by atoms with Gasteiger partial charge in [0.25, 0.3) is 0 Å². The lowest BCUT2D eigenvalue weighted by Gasteiger charge is -2.66. The molecule has 5 rings (SSSR count). The van der Waals surface area contributed by atoms with E-state index in [9.17, 15) is 0 Å². The second-order valence-corrected chi connectivity index (χ2v) is 13.8. The minimum Gasteiger partial charge on any atom is -0.0651 e. The molecule has 31 heavy (non-hydrogen) atoms. The second-order valence-electron chi connectivity index (χ2n) is 13.8. The number of rotatable bonds is 1. The Morgan fingerprint density at radius 3 is 2.13 bits per heavy atom. The van der Waals surface area contributed by atoms with E-state index in [4.69, 9.17) is 0 Å². The van der Waals surface area contributed by atoms with Crippen LogP contribution in [-0.4, -0.2) is 0 Å². The lowest BCUT2D eigenvalue weighted by Crippen LogP contribution is -2.58. The highest BCUT2D eigenvalue weighted by Gasteiger charge is 2.76. The highest BCUT2D eigenvalue weighted by molar-refractivity contribution is 5.51. The molecule has 0 heterocycles. The minimum absolute atomic E-state index is 0.406. The smallest absolute Gasteiger partial charge is 0.00707 e. The van der Waals surface area contributed by atoms with Crippen molar-refractivity contribution < 1.29 is 0 Å². The molecular formula is C31H48. The molecule has 7 atom stereocenters. The lowest BCUT2D eigenvalue weighted by atomic mass is 9.38. The van der Waals surface area contributed by atoms with Gasteiger partial charge in [-0.05, 0) is 126 Å². The molecule has 0 heteroatoms. The summed E-state index contributed by atoms with van der Waals surface area (Å²) in [4.78, 5) is 0. The molecule has 4 aliphatic carbocycles. The van der Waals surface area contributed by atoms with Gasteiger partial charge in [-0.2, -0.15) is 0 Å². The molecule has 4 aliphatic rings. The fourth-order valence-electron chi connectivity index (χ4n) is 11.3. The average molecular weight is 421 g/mol. The fraction of sp³-hybridized carbons (Fsp3) is 0.806. The van der Waals surface area contributed by atoms with Gasteiger partial charge in [0, 0.05) is 0 Å². The summed E-state index contributed by atoms with van der Waals surface area (Å²) >= 11 is 0. The summed E-state index contributed by atoms with van der Waals surface area (Å²) in [6, 6.07) is 2.58. The van der Waals surface area contributed by atoms with E-state index in [1.165, 1.54) is 44.1 Å². The van der Waals surface area contributed by atoms with E-state index in [1.54, 1.807) is 22.3 Å². The maximum atomic E-state index is 2.78. The van der Waals surface area contributed by atoms with E-state index in [1.807, 2.05) is 0 Å². The number of fused-ring (bicyclic) bond motifs is 6. The molecule has 0 nitrogen and oxygen atoms in total. The van der Waals surface area contributed by atoms with Crippen LogP contribution < -0.4 is 0 Å². The number of benzene rings is 1. The van der Waals surface area contributed by atoms with Gasteiger partial charge in [-0.1, -0.05) is 67.4 Å². The Kier molecular flexibility index (Phi) is 4.56. The summed E-state index contributed by atoms with van der Waals surface area (Å²) in [7, 11) is 0. The molecule has 0 aromatic heterocycles. The molecule has 1 aromatic rings. The maximum absolute atomic E-state index is 2.78. The second kappa shape index (κ2) is 6.42. The van der Waals surface area contributed by atoms with Gasteiger partial charge in [0.15, 0.2) is 0 Å². The Balaban J connectivity index is 1.78. The lowest BCUT2D eigenvalue weighted by molar-refractivity contribution is -0.145. The van der Waals surface area contributed by atoms with Crippen LogP contribution in [0, 0.1) is 60.2 Å². The Morgan fingerprint density at radius 1 is 0.935 bits per heavy atom. The van der Waals surface area contributed by atoms with Crippen LogP contribution in [-0.2, 0) is 0 Å². The quantitative estimate of drug-likeness (QED) is 0.425. The normalized spacial score (nSPS) is 44.4. The van der Waals surface area contributed by atoms with Gasteiger partial charge >= 0.3 is 0 Å². The average Bonchev–Trinajstić information content (AvgIpc) is 2.79. The first-order chi connectivity index (χ1) is 14.4. The van der Waals surface area contributed by atoms with Crippen LogP contribution in [0.3, 0.4) is 0 Å². The summed E-state index contributed by atoms with van der Waals surface area (Å²) in [5.41, 5.74) is 10.1. The van der Waals surface area contributed by atoms with Crippen molar-refractivity contribution >= 4 is 0 Å². The van der Waals surface area contributed by atoms with Crippen molar-refractivity contribution in [3.63, 3.8) is 0 Å². The molecule has 0 radical (unpaired) electrons. The van der Waals surface area contributed by atoms with E-state index in [0.717, 1.165) is 23.7 Å². The maximum Gasteiger partial charge on any atom is -0.00707 e. The third kappa shape index (κ3) is 2.34. The van der Waals surface area contributed by atoms with Gasteiger partial charge in [-0.3, -0.25) is 0 Å². The van der Waals surface area contributed by atoms with Gasteiger partial charge in [0.2, 0.25) is 0 Å². The van der Waals surface area contributed by atoms with Crippen LogP contribution in [0.25, 0.3) is 0 Å². The largest absolute Gasteiger partial charge is 0.0651 e. The molecule has 0 amide bonds. The zero-order valence-corrected chi connectivity index (χ0v) is 22.2. The topological polar surface area (TPSA) is 0 Å². The third-order valence-electron chi connectivity index (χ3n) is 12.6. The number of aryl methyl sites for hydroxylation is 1. The van der Waals surface area contributed by atoms with Crippen LogP contribution in [0.15, 0.2) is 6.07 Å². The van der Waals surface area contributed by atoms with Crippen LogP contribution >= 0.6 is 0 Å². The highest BCUT2D eigenvalue weighted by Crippen LogP contribution is 2.83. The molecule has 1 spiro atoms. The van der Waals surface area contributed by atoms with Crippen molar-refractivity contribution in [2.24, 2.45) is 39.4 Å². The van der Waals surface area contributed by atoms with Crippen molar-refractivity contribution in [1.82, 2.24) is 0 Å². The Labute approximate surface area is 193 Å². The van der Waals surface area contributed by atoms with Crippen LogP contribution in [0.5, 0.6) is 0 Å². The SMILES string of the molecule is CCC1CC2(C)C(C(C)(C)C(C)C23CCC3)C2(C)CC(C)c3cc(C)c(C)c(C)c3C12. The van der Waals surface area contributed by atoms with Crippen molar-refractivity contribution in [1.29, 1.82) is 0 Å². The van der Waals surface area contributed by atoms with Gasteiger partial charge in [-0.15, -0.1) is 0 Å². The van der Waals surface area contributed by atoms with Gasteiger partial charge in [-0.25, -0.2) is 0 Å². The minimum atomic E-state index is 0.406. The van der Waals surface area contributed by atoms with Crippen molar-refractivity contribution in [2.45, 2.75) is 120 Å². The van der Waals surface area contributed by atoms with E-state index in [-0.39, 0.29) is 0 Å². The van der Waals surface area contributed by atoms with Crippen molar-refractivity contribution in [3.8, 4) is 0 Å². The first kappa shape index (κ1) is 22.0. The van der Waals surface area contributed by atoms with E-state index < -0.39 is 0 Å². The molecule has 172 valence electrons. The summed E-state index contributed by atoms with van der Waals surface area (Å²) in [6.07, 6.45) is 8.64. The molecule has 3 saturated carbocycles. The summed E-state index contributed by atoms with van der Waals surface area (Å²) in [5, 5.41) is 0. The molecule has 3 fully saturated rings. The Hall–Kier alpha value is -0.780. The van der Waals surface area contributed by atoms with Crippen molar-refractivity contribution in [3.05, 3.63) is 33.9 Å². The molecular weight excluding hydrogens is 372 g/mol. The fourth-order valence-corrected chi connectivity index (χ4v) is 11.3. The summed E-state index contributed by atoms with van der Waals surface area (Å²) in [5.74, 6) is 3.92. The number of hydrogen-bond donors (Lipinski definition) is 0. The molecule has 0 saturated heterocycles. The van der Waals surface area contributed by atoms with E-state index >= 15 is 0 Å². The van der Waals surface area contributed by atoms with Gasteiger partial charge in [0.1, 0.15) is 0 Å². The van der Waals surface area contributed by atoms with Crippen LogP contribution in [0.4, 0.5) is 0 Å². The van der Waals surface area contributed by atoms with E-state index in [2.05, 4.69) is 75.3 Å². The molecule has 0 N–H and O–H groups in total. The molecule has 1 aromatic carbocycles. The number of hydrogen-bond acceptors (Lipinski definition) is 0. The Bertz CT molecular complexity index is 914. The standard InChI is InChI=1S/C31H48/c1-11-23-17-30(10)27(28(7,8)22(6)31(30)13-12-14-31)29(9)16-19(3)24-15-18(2)20(4)21(5)25(24)26(23)29/h15,19,22-23,26-27H,11-14,16-17H2,1-10H3. The van der Waals surface area contributed by atoms with Crippen molar-refractivity contribution in [2.75, 3.05) is 0 Å². The molecule has 0 bridgehead atoms. The summed E-state index contributed by atoms with van der Waals surface area (Å²) < 4.78 is 0. The zero-order valence-electron chi connectivity index (χ0n) is 22.2. The molecule has 0 aliphatic heterocycles. The van der Waals surface area contributed by atoms with Crippen LogP contribution in [0.2, 0.25) is 0 Å². The summed E-state index contributed by atoms with van der Waals surface area (Å²) in [6.45, 7) is 25.8.